The number of amides is 2. The molecule has 23 heavy (non-hydrogen) atoms. The second kappa shape index (κ2) is 8.96. The smallest absolute Gasteiger partial charge is 0.234 e. The molecule has 2 rings (SSSR count). The summed E-state index contributed by atoms with van der Waals surface area (Å²) < 4.78 is 0. The number of nitrogens with zero attached hydrogens (tertiary/aromatic N) is 1. The lowest BCUT2D eigenvalue weighted by molar-refractivity contribution is -0.132. The van der Waals surface area contributed by atoms with Crippen molar-refractivity contribution in [1.29, 1.82) is 0 Å². The van der Waals surface area contributed by atoms with Crippen molar-refractivity contribution in [2.24, 2.45) is 0 Å². The zero-order valence-electron chi connectivity index (χ0n) is 14.0. The summed E-state index contributed by atoms with van der Waals surface area (Å²) in [6.07, 6.45) is 4.44. The van der Waals surface area contributed by atoms with E-state index in [-0.39, 0.29) is 11.8 Å². The van der Waals surface area contributed by atoms with E-state index in [2.05, 4.69) is 12.2 Å². The highest BCUT2D eigenvalue weighted by Gasteiger charge is 2.24. The van der Waals surface area contributed by atoms with E-state index >= 15 is 0 Å². The summed E-state index contributed by atoms with van der Waals surface area (Å²) in [6, 6.07) is 8.11. The molecule has 0 aliphatic carbocycles. The number of anilines is 1. The molecule has 1 unspecified atom stereocenters. The lowest BCUT2D eigenvalue weighted by Crippen LogP contribution is -2.44. The third-order valence-corrected chi connectivity index (χ3v) is 5.10. The van der Waals surface area contributed by atoms with Crippen molar-refractivity contribution >= 4 is 29.3 Å². The van der Waals surface area contributed by atoms with E-state index in [9.17, 15) is 9.59 Å². The first-order chi connectivity index (χ1) is 11.1. The highest BCUT2D eigenvalue weighted by atomic mass is 32.2. The second-order valence-corrected chi connectivity index (χ2v) is 7.04. The molecule has 5 heteroatoms. The Morgan fingerprint density at radius 2 is 2.13 bits per heavy atom. The maximum absolute atomic E-state index is 12.3. The van der Waals surface area contributed by atoms with Crippen LogP contribution in [0.2, 0.25) is 0 Å². The molecular formula is C18H26N2O2S. The minimum atomic E-state index is -0.0564. The Morgan fingerprint density at radius 3 is 2.87 bits per heavy atom. The number of likely N-dealkylation sites (tertiary alicyclic amines) is 1. The third-order valence-electron chi connectivity index (χ3n) is 4.18. The Balaban J connectivity index is 1.73. The number of hydrogen-bond donors (Lipinski definition) is 1. The van der Waals surface area contributed by atoms with Gasteiger partial charge in [-0.1, -0.05) is 19.1 Å². The number of hydrogen-bond acceptors (Lipinski definition) is 3. The zero-order chi connectivity index (χ0) is 16.7. The number of nitrogens with one attached hydrogen (secondary N) is 1. The molecular weight excluding hydrogens is 308 g/mol. The van der Waals surface area contributed by atoms with Gasteiger partial charge in [-0.25, -0.2) is 0 Å². The lowest BCUT2D eigenvalue weighted by Gasteiger charge is -2.35. The molecule has 1 N–H and O–H groups in total. The van der Waals surface area contributed by atoms with E-state index in [1.54, 1.807) is 0 Å². The van der Waals surface area contributed by atoms with Crippen LogP contribution in [0.1, 0.15) is 38.2 Å². The number of carbonyl (C=O) groups excluding carboxylic acids is 2. The number of carbonyl (C=O) groups is 2. The van der Waals surface area contributed by atoms with E-state index < -0.39 is 0 Å². The predicted molar refractivity (Wildman–Crippen MR) is 96.8 cm³/mol. The maximum Gasteiger partial charge on any atom is 0.234 e. The first-order valence-electron chi connectivity index (χ1n) is 8.34. The molecule has 1 aliphatic rings. The van der Waals surface area contributed by atoms with Crippen molar-refractivity contribution < 1.29 is 9.59 Å². The fourth-order valence-electron chi connectivity index (χ4n) is 2.99. The molecule has 4 nitrogen and oxygen atoms in total. The van der Waals surface area contributed by atoms with Crippen LogP contribution < -0.4 is 5.32 Å². The summed E-state index contributed by atoms with van der Waals surface area (Å²) in [7, 11) is 0. The maximum atomic E-state index is 12.3. The van der Waals surface area contributed by atoms with Crippen molar-refractivity contribution in [3.05, 3.63) is 29.8 Å². The second-order valence-electron chi connectivity index (χ2n) is 6.06. The van der Waals surface area contributed by atoms with Crippen LogP contribution in [-0.2, 0) is 9.59 Å². The number of benzene rings is 1. The number of piperidine rings is 1. The fraction of sp³-hybridized carbons (Fsp3) is 0.556. The molecule has 1 heterocycles. The van der Waals surface area contributed by atoms with E-state index in [1.807, 2.05) is 36.1 Å². The molecule has 1 atom stereocenters. The normalized spacial score (nSPS) is 17.8. The van der Waals surface area contributed by atoms with Gasteiger partial charge in [-0.15, -0.1) is 11.8 Å². The summed E-state index contributed by atoms with van der Waals surface area (Å²) in [5.74, 6) is 0.811. The standard InChI is InChI=1S/C18H26N2O2S/c1-3-16-9-4-5-10-20(16)18(22)13-23-12-17(21)19-15-8-6-7-14(2)11-15/h6-8,11,16H,3-5,9-10,12-13H2,1-2H3,(H,19,21). The van der Waals surface area contributed by atoms with Crippen LogP contribution in [0.3, 0.4) is 0 Å². The quantitative estimate of drug-likeness (QED) is 0.867. The fourth-order valence-corrected chi connectivity index (χ4v) is 3.69. The minimum Gasteiger partial charge on any atom is -0.339 e. The van der Waals surface area contributed by atoms with E-state index in [0.29, 0.717) is 17.5 Å². The van der Waals surface area contributed by atoms with Gasteiger partial charge in [0.15, 0.2) is 0 Å². The molecule has 0 radical (unpaired) electrons. The minimum absolute atomic E-state index is 0.0564. The Hall–Kier alpha value is -1.49. The van der Waals surface area contributed by atoms with Gasteiger partial charge in [-0.2, -0.15) is 0 Å². The van der Waals surface area contributed by atoms with Crippen molar-refractivity contribution in [2.75, 3.05) is 23.4 Å². The Labute approximate surface area is 143 Å². The van der Waals surface area contributed by atoms with Gasteiger partial charge in [-0.3, -0.25) is 9.59 Å². The van der Waals surface area contributed by atoms with Crippen molar-refractivity contribution in [2.45, 2.75) is 45.6 Å². The van der Waals surface area contributed by atoms with Crippen LogP contribution in [-0.4, -0.2) is 40.8 Å². The molecule has 1 aliphatic heterocycles. The largest absolute Gasteiger partial charge is 0.339 e. The molecule has 126 valence electrons. The van der Waals surface area contributed by atoms with Gasteiger partial charge in [-0.05, 0) is 50.3 Å². The summed E-state index contributed by atoms with van der Waals surface area (Å²) in [6.45, 7) is 5.00. The van der Waals surface area contributed by atoms with Gasteiger partial charge in [0.05, 0.1) is 11.5 Å². The average molecular weight is 334 g/mol. The monoisotopic (exact) mass is 334 g/mol. The Kier molecular flexibility index (Phi) is 6.96. The van der Waals surface area contributed by atoms with Gasteiger partial charge < -0.3 is 10.2 Å². The SMILES string of the molecule is CCC1CCCCN1C(=O)CSCC(=O)Nc1cccc(C)c1. The van der Waals surface area contributed by atoms with Crippen molar-refractivity contribution in [1.82, 2.24) is 4.90 Å². The molecule has 0 bridgehead atoms. The van der Waals surface area contributed by atoms with Gasteiger partial charge in [0.25, 0.3) is 0 Å². The number of rotatable bonds is 6. The molecule has 1 fully saturated rings. The third kappa shape index (κ3) is 5.57. The summed E-state index contributed by atoms with van der Waals surface area (Å²) in [5.41, 5.74) is 1.92. The molecule has 1 aromatic rings. The van der Waals surface area contributed by atoms with Crippen molar-refractivity contribution in [3.63, 3.8) is 0 Å². The van der Waals surface area contributed by atoms with Gasteiger partial charge in [0.2, 0.25) is 11.8 Å². The number of aryl methyl sites for hydroxylation is 1. The predicted octanol–water partition coefficient (Wildman–Crippen LogP) is 3.46. The van der Waals surface area contributed by atoms with E-state index in [0.717, 1.165) is 37.1 Å². The zero-order valence-corrected chi connectivity index (χ0v) is 14.8. The van der Waals surface area contributed by atoms with Crippen molar-refractivity contribution in [3.8, 4) is 0 Å². The highest BCUT2D eigenvalue weighted by Crippen LogP contribution is 2.20. The van der Waals surface area contributed by atoms with Crippen LogP contribution in [0.5, 0.6) is 0 Å². The van der Waals surface area contributed by atoms with Crippen LogP contribution in [0.15, 0.2) is 24.3 Å². The first kappa shape index (κ1) is 17.9. The van der Waals surface area contributed by atoms with Crippen LogP contribution in [0, 0.1) is 6.92 Å². The molecule has 0 aromatic heterocycles. The Bertz CT molecular complexity index is 548. The summed E-state index contributed by atoms with van der Waals surface area (Å²) in [4.78, 5) is 26.3. The van der Waals surface area contributed by atoms with Crippen LogP contribution >= 0.6 is 11.8 Å². The summed E-state index contributed by atoms with van der Waals surface area (Å²) >= 11 is 1.40. The highest BCUT2D eigenvalue weighted by molar-refractivity contribution is 8.00. The first-order valence-corrected chi connectivity index (χ1v) is 9.49. The summed E-state index contributed by atoms with van der Waals surface area (Å²) in [5, 5.41) is 2.87. The van der Waals surface area contributed by atoms with E-state index in [4.69, 9.17) is 0 Å². The lowest BCUT2D eigenvalue weighted by atomic mass is 10.0. The van der Waals surface area contributed by atoms with Gasteiger partial charge in [0.1, 0.15) is 0 Å². The van der Waals surface area contributed by atoms with Gasteiger partial charge >= 0.3 is 0 Å². The topological polar surface area (TPSA) is 49.4 Å². The van der Waals surface area contributed by atoms with Gasteiger partial charge in [0, 0.05) is 18.3 Å². The van der Waals surface area contributed by atoms with E-state index in [1.165, 1.54) is 18.2 Å². The molecule has 1 saturated heterocycles. The van der Waals surface area contributed by atoms with Crippen LogP contribution in [0.4, 0.5) is 5.69 Å². The molecule has 0 saturated carbocycles. The average Bonchev–Trinajstić information content (AvgIpc) is 2.54. The van der Waals surface area contributed by atoms with Crippen LogP contribution in [0.25, 0.3) is 0 Å². The number of thioether (sulfide) groups is 1. The molecule has 0 spiro atoms. The molecule has 1 aromatic carbocycles. The molecule has 2 amide bonds. The Morgan fingerprint density at radius 1 is 1.30 bits per heavy atom.